The molecule has 210 valence electrons. The van der Waals surface area contributed by atoms with E-state index in [0.717, 1.165) is 55.4 Å². The molecule has 0 heterocycles. The summed E-state index contributed by atoms with van der Waals surface area (Å²) in [6, 6.07) is 0. The number of hydrogen-bond acceptors (Lipinski definition) is 6. The first-order valence-corrected chi connectivity index (χ1v) is 13.9. The summed E-state index contributed by atoms with van der Waals surface area (Å²) in [5, 5.41) is 22.3. The van der Waals surface area contributed by atoms with Crippen molar-refractivity contribution in [1.29, 1.82) is 5.53 Å². The van der Waals surface area contributed by atoms with Crippen LogP contribution < -0.4 is 0 Å². The standard InChI is InChI=1S/C32H52N6/c1-13-28(23-21-26(11)34-33)30(15-3,16-4)32(19-7,20-8)38-36-27(12)22-24-29(14-2)31(17-5,18-6)37-35-25(9)10/h13-14,21-24,33H,1-2,9,15-20H2,3-8,10-12H3/b26-21+,27-22+,28-23+,29-24+,34-33?,37-35?,38-36?. The molecule has 0 aromatic heterocycles. The summed E-state index contributed by atoms with van der Waals surface area (Å²) in [6.07, 6.45) is 16.8. The van der Waals surface area contributed by atoms with Gasteiger partial charge in [0.2, 0.25) is 0 Å². The zero-order chi connectivity index (χ0) is 29.4. The smallest absolute Gasteiger partial charge is 0.106 e. The van der Waals surface area contributed by atoms with E-state index in [1.807, 2.05) is 57.2 Å². The minimum Gasteiger partial charge on any atom is -0.205 e. The van der Waals surface area contributed by atoms with Crippen LogP contribution in [0.15, 0.2) is 110 Å². The van der Waals surface area contributed by atoms with Gasteiger partial charge in [0.1, 0.15) is 5.54 Å². The number of hydrogen-bond donors (Lipinski definition) is 1. The van der Waals surface area contributed by atoms with Gasteiger partial charge in [-0.15, -0.1) is 0 Å². The van der Waals surface area contributed by atoms with Crippen LogP contribution in [-0.4, -0.2) is 11.1 Å². The number of azo groups is 2. The first-order chi connectivity index (χ1) is 18.0. The molecule has 0 aliphatic rings. The topological polar surface area (TPSA) is 85.6 Å². The summed E-state index contributed by atoms with van der Waals surface area (Å²) < 4.78 is 0. The van der Waals surface area contributed by atoms with Gasteiger partial charge in [-0.05, 0) is 82.6 Å². The van der Waals surface area contributed by atoms with E-state index < -0.39 is 11.1 Å². The van der Waals surface area contributed by atoms with Crippen molar-refractivity contribution < 1.29 is 0 Å². The molecule has 0 bridgehead atoms. The number of nitrogens with zero attached hydrogens (tertiary/aromatic N) is 5. The number of nitrogens with one attached hydrogen (secondary N) is 1. The van der Waals surface area contributed by atoms with Crippen LogP contribution in [-0.2, 0) is 0 Å². The molecule has 38 heavy (non-hydrogen) atoms. The van der Waals surface area contributed by atoms with Gasteiger partial charge in [-0.2, -0.15) is 25.6 Å². The molecular weight excluding hydrogens is 468 g/mol. The molecule has 0 aromatic carbocycles. The van der Waals surface area contributed by atoms with Crippen molar-refractivity contribution in [3.05, 3.63) is 84.4 Å². The second kappa shape index (κ2) is 16.7. The average molecular weight is 521 g/mol. The van der Waals surface area contributed by atoms with E-state index in [-0.39, 0.29) is 5.41 Å². The Morgan fingerprint density at radius 1 is 0.658 bits per heavy atom. The summed E-state index contributed by atoms with van der Waals surface area (Å²) in [5.41, 5.74) is 10.4. The van der Waals surface area contributed by atoms with Crippen LogP contribution in [0, 0.1) is 10.9 Å². The highest BCUT2D eigenvalue weighted by molar-refractivity contribution is 5.36. The fourth-order valence-corrected chi connectivity index (χ4v) is 5.29. The second-order valence-electron chi connectivity index (χ2n) is 9.78. The Labute approximate surface area is 232 Å². The molecule has 0 aliphatic carbocycles. The molecule has 0 amide bonds. The lowest BCUT2D eigenvalue weighted by Crippen LogP contribution is -2.46. The van der Waals surface area contributed by atoms with Crippen LogP contribution in [0.3, 0.4) is 0 Å². The predicted octanol–water partition coefficient (Wildman–Crippen LogP) is 11.4. The highest BCUT2D eigenvalue weighted by Crippen LogP contribution is 2.51. The van der Waals surface area contributed by atoms with Gasteiger partial charge < -0.3 is 0 Å². The van der Waals surface area contributed by atoms with E-state index in [2.05, 4.69) is 76.6 Å². The minimum absolute atomic E-state index is 0.258. The van der Waals surface area contributed by atoms with E-state index >= 15 is 0 Å². The van der Waals surface area contributed by atoms with E-state index in [1.165, 1.54) is 0 Å². The Balaban J connectivity index is 6.78. The Bertz CT molecular complexity index is 991. The van der Waals surface area contributed by atoms with Crippen LogP contribution in [0.4, 0.5) is 0 Å². The first-order valence-electron chi connectivity index (χ1n) is 13.9. The summed E-state index contributed by atoms with van der Waals surface area (Å²) in [7, 11) is 0. The molecule has 0 aliphatic heterocycles. The molecule has 6 nitrogen and oxygen atoms in total. The maximum Gasteiger partial charge on any atom is 0.106 e. The van der Waals surface area contributed by atoms with Crippen LogP contribution in [0.5, 0.6) is 0 Å². The maximum atomic E-state index is 7.29. The summed E-state index contributed by atoms with van der Waals surface area (Å²) in [4.78, 5) is 0. The van der Waals surface area contributed by atoms with Gasteiger partial charge in [0.15, 0.2) is 0 Å². The van der Waals surface area contributed by atoms with E-state index in [0.29, 0.717) is 11.4 Å². The van der Waals surface area contributed by atoms with Crippen LogP contribution in [0.2, 0.25) is 0 Å². The van der Waals surface area contributed by atoms with Gasteiger partial charge in [-0.25, -0.2) is 5.53 Å². The number of allylic oxidation sites excluding steroid dienone is 8. The molecule has 0 atom stereocenters. The van der Waals surface area contributed by atoms with Gasteiger partial charge in [0.05, 0.1) is 22.6 Å². The summed E-state index contributed by atoms with van der Waals surface area (Å²) in [5.74, 6) is 0. The third kappa shape index (κ3) is 8.24. The van der Waals surface area contributed by atoms with Gasteiger partial charge in [-0.1, -0.05) is 85.6 Å². The van der Waals surface area contributed by atoms with E-state index in [1.54, 1.807) is 0 Å². The molecular formula is C32H52N6. The second-order valence-corrected chi connectivity index (χ2v) is 9.78. The minimum atomic E-state index is -0.453. The zero-order valence-electron chi connectivity index (χ0n) is 25.6. The van der Waals surface area contributed by atoms with Gasteiger partial charge in [-0.3, -0.25) is 0 Å². The third-order valence-electron chi connectivity index (χ3n) is 7.96. The lowest BCUT2D eigenvalue weighted by Gasteiger charge is -2.47. The van der Waals surface area contributed by atoms with Gasteiger partial charge in [0.25, 0.3) is 0 Å². The highest BCUT2D eigenvalue weighted by atomic mass is 15.2. The largest absolute Gasteiger partial charge is 0.205 e. The summed E-state index contributed by atoms with van der Waals surface area (Å²) in [6.45, 7) is 30.7. The predicted molar refractivity (Wildman–Crippen MR) is 163 cm³/mol. The van der Waals surface area contributed by atoms with Crippen molar-refractivity contribution in [3.63, 3.8) is 0 Å². The van der Waals surface area contributed by atoms with Crippen LogP contribution in [0.1, 0.15) is 101 Å². The van der Waals surface area contributed by atoms with E-state index in [4.69, 9.17) is 15.8 Å². The molecule has 0 unspecified atom stereocenters. The van der Waals surface area contributed by atoms with Crippen LogP contribution >= 0.6 is 0 Å². The Hall–Kier alpha value is -3.02. The lowest BCUT2D eigenvalue weighted by molar-refractivity contribution is 0.136. The Morgan fingerprint density at radius 2 is 1.16 bits per heavy atom. The Morgan fingerprint density at radius 3 is 1.55 bits per heavy atom. The normalized spacial score (nSPS) is 14.9. The SMILES string of the molecule is C=C/C(=C\C=C(/C)N=NC(CC)(CC)C(CC)(CC)/C(C=C)=C/C=C(\C)N=N)C(CC)(CC)N=NC(=C)C. The van der Waals surface area contributed by atoms with Gasteiger partial charge >= 0.3 is 0 Å². The van der Waals surface area contributed by atoms with Crippen molar-refractivity contribution in [2.24, 2.45) is 31.0 Å². The monoisotopic (exact) mass is 520 g/mol. The molecule has 0 spiro atoms. The Kier molecular flexibility index (Phi) is 15.4. The van der Waals surface area contributed by atoms with Crippen molar-refractivity contribution in [2.45, 2.75) is 112 Å². The van der Waals surface area contributed by atoms with Crippen molar-refractivity contribution in [2.75, 3.05) is 0 Å². The van der Waals surface area contributed by atoms with E-state index in [9.17, 15) is 0 Å². The molecule has 0 fully saturated rings. The zero-order valence-corrected chi connectivity index (χ0v) is 25.6. The molecule has 0 saturated heterocycles. The van der Waals surface area contributed by atoms with Crippen molar-refractivity contribution in [1.82, 2.24) is 0 Å². The first kappa shape index (κ1) is 35.0. The third-order valence-corrected chi connectivity index (χ3v) is 7.96. The quantitative estimate of drug-likeness (QED) is 0.138. The van der Waals surface area contributed by atoms with Crippen molar-refractivity contribution >= 4 is 0 Å². The maximum absolute atomic E-state index is 7.29. The molecule has 0 rings (SSSR count). The average Bonchev–Trinajstić information content (AvgIpc) is 2.94. The lowest BCUT2D eigenvalue weighted by atomic mass is 9.59. The molecule has 6 heteroatoms. The number of rotatable bonds is 18. The molecule has 1 N–H and O–H groups in total. The highest BCUT2D eigenvalue weighted by Gasteiger charge is 2.49. The van der Waals surface area contributed by atoms with Crippen molar-refractivity contribution in [3.8, 4) is 0 Å². The molecule has 0 radical (unpaired) electrons. The van der Waals surface area contributed by atoms with Crippen LogP contribution in [0.25, 0.3) is 0 Å². The fraction of sp³-hybridized carbons (Fsp3) is 0.562. The molecule has 0 aromatic rings. The fourth-order valence-electron chi connectivity index (χ4n) is 5.29. The summed E-state index contributed by atoms with van der Waals surface area (Å²) >= 11 is 0. The van der Waals surface area contributed by atoms with Gasteiger partial charge in [0, 0.05) is 5.41 Å². The molecule has 0 saturated carbocycles.